The summed E-state index contributed by atoms with van der Waals surface area (Å²) in [4.78, 5) is 51.3. The molecule has 0 unspecified atom stereocenters. The molecule has 0 bridgehead atoms. The van der Waals surface area contributed by atoms with E-state index < -0.39 is 26.0 Å². The van der Waals surface area contributed by atoms with Crippen molar-refractivity contribution in [2.75, 3.05) is 0 Å². The number of hydrogen-bond donors (Lipinski definition) is 0. The minimum absolute atomic E-state index is 0. The zero-order chi connectivity index (χ0) is 13.5. The predicted molar refractivity (Wildman–Crippen MR) is 52.3 cm³/mol. The van der Waals surface area contributed by atoms with Crippen LogP contribution in [-0.2, 0) is 19.5 Å². The molecule has 2 N–H and O–H groups in total. The van der Waals surface area contributed by atoms with Gasteiger partial charge in [-0.1, -0.05) is 0 Å². The third-order valence-corrected chi connectivity index (χ3v) is 0. The van der Waals surface area contributed by atoms with Gasteiger partial charge in [-0.25, -0.2) is 0 Å². The SMILES string of the molecule is O.O=P([O-])([O-])[O-].O=P([O-])([O-])[O-].O=S(=O)([O-])[O-].[Ca+2].[Ca+2].[Ca+2].[Ca+2]. The molecule has 0 spiro atoms. The Balaban J connectivity index is -0.0000000160. The first-order valence-electron chi connectivity index (χ1n) is 2.13. The molecule has 0 heterocycles. The summed E-state index contributed by atoms with van der Waals surface area (Å²) in [6.45, 7) is 0. The Bertz CT molecular complexity index is 293. The van der Waals surface area contributed by atoms with Gasteiger partial charge < -0.3 is 53.1 Å². The summed E-state index contributed by atoms with van der Waals surface area (Å²) in [5, 5.41) is 0. The summed E-state index contributed by atoms with van der Waals surface area (Å²) in [5.74, 6) is 0. The monoisotopic (exact) mass is 464 g/mol. The molecule has 0 radical (unpaired) electrons. The van der Waals surface area contributed by atoms with Gasteiger partial charge in [0.05, 0.1) is 0 Å². The topological polar surface area (TPSA) is 284 Å². The molecule has 0 atom stereocenters. The maximum absolute atomic E-state index is 8.55. The van der Waals surface area contributed by atoms with Crippen LogP contribution < -0.4 is 29.4 Å². The quantitative estimate of drug-likeness (QED) is 0.140. The van der Waals surface area contributed by atoms with Crippen molar-refractivity contribution in [1.29, 1.82) is 0 Å². The molecule has 0 aliphatic heterocycles. The van der Waals surface area contributed by atoms with Crippen LogP contribution in [0.5, 0.6) is 0 Å². The standard InChI is InChI=1S/4Ca.2H3O4P.H2O4S.H2O/c;;;;3*1-5(2,3)4;/h;;;;2*(H3,1,2,3,4);(H2,1,2,3,4);1H2/q4*+2;;;;/p-8. The summed E-state index contributed by atoms with van der Waals surface area (Å²) in [6, 6.07) is 0. The Labute approximate surface area is 233 Å². The summed E-state index contributed by atoms with van der Waals surface area (Å²) >= 11 is 0. The van der Waals surface area contributed by atoms with Crippen molar-refractivity contribution in [2.45, 2.75) is 0 Å². The third kappa shape index (κ3) is 435. The van der Waals surface area contributed by atoms with E-state index in [1.54, 1.807) is 0 Å². The molecule has 0 saturated heterocycles. The van der Waals surface area contributed by atoms with E-state index in [2.05, 4.69) is 0 Å². The number of hydrogen-bond acceptors (Lipinski definition) is 12. The van der Waals surface area contributed by atoms with Gasteiger partial charge in [-0.3, -0.25) is 8.42 Å². The van der Waals surface area contributed by atoms with Crippen LogP contribution in [0, 0.1) is 0 Å². The molecule has 0 aromatic heterocycles. The van der Waals surface area contributed by atoms with Crippen molar-refractivity contribution in [2.24, 2.45) is 0 Å². The molecule has 0 amide bonds. The second-order valence-corrected chi connectivity index (χ2v) is 3.91. The average Bonchev–Trinajstić information content (AvgIpc) is 1.41. The van der Waals surface area contributed by atoms with Gasteiger partial charge in [0.2, 0.25) is 0 Å². The van der Waals surface area contributed by atoms with Crippen molar-refractivity contribution >= 4 is 177 Å². The summed E-state index contributed by atoms with van der Waals surface area (Å²) in [6.07, 6.45) is 0. The van der Waals surface area contributed by atoms with E-state index in [1.165, 1.54) is 0 Å². The average molecular weight is 464 g/mol. The third-order valence-electron chi connectivity index (χ3n) is 0. The number of rotatable bonds is 0. The van der Waals surface area contributed by atoms with Gasteiger partial charge in [0.1, 0.15) is 0 Å². The molecule has 0 rings (SSSR count). The molecule has 0 aromatic carbocycles. The first kappa shape index (κ1) is 49.9. The van der Waals surface area contributed by atoms with Gasteiger partial charge in [-0.2, -0.15) is 15.6 Å². The predicted octanol–water partition coefficient (Wildman–Crippen LogP) is -9.34. The minimum Gasteiger partial charge on any atom is -0.822 e. The van der Waals surface area contributed by atoms with E-state index >= 15 is 0 Å². The largest absolute Gasteiger partial charge is 2.00 e. The van der Waals surface area contributed by atoms with Crippen LogP contribution >= 0.6 is 15.6 Å². The normalized spacial score (nSPS) is 8.80. The van der Waals surface area contributed by atoms with Crippen molar-refractivity contribution in [3.8, 4) is 0 Å². The van der Waals surface area contributed by atoms with Gasteiger partial charge >= 0.3 is 151 Å². The Morgan fingerprint density at radius 1 is 0.600 bits per heavy atom. The van der Waals surface area contributed by atoms with Gasteiger partial charge in [0, 0.05) is 10.4 Å². The van der Waals surface area contributed by atoms with Crippen LogP contribution in [0.2, 0.25) is 0 Å². The zero-order valence-electron chi connectivity index (χ0n) is 9.53. The fraction of sp³-hybridized carbons (Fsp3) is 0. The van der Waals surface area contributed by atoms with Crippen LogP contribution in [0.3, 0.4) is 0 Å². The molecule has 0 fully saturated rings. The Kier molecular flexibility index (Phi) is 60.0. The number of phosphoric acid groups is 2. The Morgan fingerprint density at radius 2 is 0.600 bits per heavy atom. The summed E-state index contributed by atoms with van der Waals surface area (Å²) in [7, 11) is -15.9. The molecular formula is H2Ca4O13P2S. The van der Waals surface area contributed by atoms with Crippen LogP contribution in [0.15, 0.2) is 0 Å². The molecule has 0 aliphatic rings. The summed E-state index contributed by atoms with van der Waals surface area (Å²) in [5.41, 5.74) is 0. The van der Waals surface area contributed by atoms with Crippen molar-refractivity contribution in [1.82, 2.24) is 0 Å². The molecule has 13 nitrogen and oxygen atoms in total. The van der Waals surface area contributed by atoms with Gasteiger partial charge in [0.15, 0.2) is 0 Å². The van der Waals surface area contributed by atoms with Gasteiger partial charge in [-0.05, 0) is 0 Å². The maximum atomic E-state index is 8.55. The summed E-state index contributed by atoms with van der Waals surface area (Å²) < 4.78 is 51.2. The van der Waals surface area contributed by atoms with Crippen molar-refractivity contribution in [3.63, 3.8) is 0 Å². The Morgan fingerprint density at radius 3 is 0.600 bits per heavy atom. The van der Waals surface area contributed by atoms with Crippen LogP contribution in [0.25, 0.3) is 0 Å². The van der Waals surface area contributed by atoms with E-state index in [0.29, 0.717) is 0 Å². The second-order valence-electron chi connectivity index (χ2n) is 1.30. The molecule has 104 valence electrons. The molecule has 0 aliphatic carbocycles. The van der Waals surface area contributed by atoms with Gasteiger partial charge in [-0.15, -0.1) is 0 Å². The molecule has 0 aromatic rings. The van der Waals surface area contributed by atoms with E-state index in [-0.39, 0.29) is 156 Å². The molecule has 0 saturated carbocycles. The van der Waals surface area contributed by atoms with E-state index in [0.717, 1.165) is 0 Å². The van der Waals surface area contributed by atoms with Crippen LogP contribution in [0.1, 0.15) is 0 Å². The minimum atomic E-state index is -5.39. The molecule has 20 heteroatoms. The van der Waals surface area contributed by atoms with Crippen LogP contribution in [0.4, 0.5) is 0 Å². The van der Waals surface area contributed by atoms with Crippen molar-refractivity contribution in [3.05, 3.63) is 0 Å². The second kappa shape index (κ2) is 24.1. The maximum Gasteiger partial charge on any atom is 2.00 e. The first-order chi connectivity index (χ1) is 6.00. The van der Waals surface area contributed by atoms with Crippen LogP contribution in [-0.4, -0.2) is 174 Å². The van der Waals surface area contributed by atoms with Crippen molar-refractivity contribution < 1.29 is 61.5 Å². The molecule has 20 heavy (non-hydrogen) atoms. The Hall–Kier alpha value is 5.09. The van der Waals surface area contributed by atoms with E-state index in [4.69, 9.17) is 56.0 Å². The zero-order valence-corrected chi connectivity index (χ0v) is 21.0. The first-order valence-corrected chi connectivity index (χ1v) is 6.38. The van der Waals surface area contributed by atoms with E-state index in [9.17, 15) is 0 Å². The fourth-order valence-electron chi connectivity index (χ4n) is 0. The van der Waals surface area contributed by atoms with Gasteiger partial charge in [0.25, 0.3) is 0 Å². The molecular weight excluding hydrogens is 462 g/mol. The van der Waals surface area contributed by atoms with E-state index in [1.807, 2.05) is 0 Å². The fourth-order valence-corrected chi connectivity index (χ4v) is 0. The smallest absolute Gasteiger partial charge is 0.822 e.